The molecule has 2 unspecified atom stereocenters. The predicted molar refractivity (Wildman–Crippen MR) is 109 cm³/mol. The van der Waals surface area contributed by atoms with Gasteiger partial charge >= 0.3 is 5.63 Å². The van der Waals surface area contributed by atoms with Gasteiger partial charge in [-0.1, -0.05) is 6.07 Å². The van der Waals surface area contributed by atoms with Crippen molar-refractivity contribution in [2.75, 3.05) is 13.2 Å². The topological polar surface area (TPSA) is 59.7 Å². The number of aromatic hydroxyl groups is 1. The summed E-state index contributed by atoms with van der Waals surface area (Å²) in [4.78, 5) is 14.0. The van der Waals surface area contributed by atoms with Crippen molar-refractivity contribution in [3.63, 3.8) is 0 Å². The molecule has 0 radical (unpaired) electrons. The van der Waals surface area contributed by atoms with E-state index in [4.69, 9.17) is 9.15 Å². The molecule has 3 aliphatic rings. The van der Waals surface area contributed by atoms with Crippen LogP contribution in [0.25, 0.3) is 0 Å². The minimum atomic E-state index is -0.350. The second-order valence-corrected chi connectivity index (χ2v) is 10.1. The third kappa shape index (κ3) is 3.79. The molecule has 2 aromatic rings. The highest BCUT2D eigenvalue weighted by Gasteiger charge is 2.45. The zero-order valence-corrected chi connectivity index (χ0v) is 17.0. The Hall–Kier alpha value is -1.59. The van der Waals surface area contributed by atoms with Gasteiger partial charge in [0.2, 0.25) is 0 Å². The second-order valence-electron chi connectivity index (χ2n) is 9.09. The number of rotatable bonds is 7. The number of hydrogen-bond donors (Lipinski definition) is 1. The molecule has 0 aromatic carbocycles. The molecule has 2 atom stereocenters. The van der Waals surface area contributed by atoms with E-state index < -0.39 is 0 Å². The van der Waals surface area contributed by atoms with E-state index in [1.807, 2.05) is 11.4 Å². The van der Waals surface area contributed by atoms with Crippen LogP contribution in [0.15, 0.2) is 32.8 Å². The molecule has 1 saturated heterocycles. The monoisotopic (exact) mass is 400 g/mol. The van der Waals surface area contributed by atoms with E-state index in [2.05, 4.69) is 6.07 Å². The standard InChI is InChI=1S/C23H28O4S/c24-18-11-17(13-23(7-8-23)12-15-3-1-9-26-14-15)27-22(25)21(18)20(16-5-6-16)19-4-2-10-28-19/h2,4,10-11,15-16,20,24H,1,3,5-9,12-14H2. The van der Waals surface area contributed by atoms with Crippen molar-refractivity contribution in [2.45, 2.75) is 57.3 Å². The SMILES string of the molecule is O=c1oc(CC2(CC3CCCOC3)CC2)cc(O)c1C(c1cccs1)C1CC1. The van der Waals surface area contributed by atoms with Crippen LogP contribution in [-0.4, -0.2) is 18.3 Å². The molecule has 0 amide bonds. The van der Waals surface area contributed by atoms with Crippen LogP contribution in [0.2, 0.25) is 0 Å². The fourth-order valence-corrected chi connectivity index (χ4v) is 5.93. The highest BCUT2D eigenvalue weighted by Crippen LogP contribution is 2.54. The Labute approximate surface area is 169 Å². The molecule has 0 spiro atoms. The van der Waals surface area contributed by atoms with Gasteiger partial charge in [0.05, 0.1) is 5.56 Å². The van der Waals surface area contributed by atoms with Gasteiger partial charge in [-0.05, 0) is 73.6 Å². The van der Waals surface area contributed by atoms with E-state index in [9.17, 15) is 9.90 Å². The zero-order valence-electron chi connectivity index (χ0n) is 16.2. The molecule has 0 bridgehead atoms. The van der Waals surface area contributed by atoms with Crippen molar-refractivity contribution < 1.29 is 14.3 Å². The second kappa shape index (κ2) is 7.34. The van der Waals surface area contributed by atoms with Gasteiger partial charge in [-0.25, -0.2) is 4.79 Å². The van der Waals surface area contributed by atoms with Gasteiger partial charge in [0.15, 0.2) is 0 Å². The van der Waals surface area contributed by atoms with Gasteiger partial charge in [-0.2, -0.15) is 0 Å². The third-order valence-electron chi connectivity index (χ3n) is 6.75. The smallest absolute Gasteiger partial charge is 0.343 e. The zero-order chi connectivity index (χ0) is 19.1. The molecule has 2 aromatic heterocycles. The molecule has 4 nitrogen and oxygen atoms in total. The molecule has 5 rings (SSSR count). The number of thiophene rings is 1. The van der Waals surface area contributed by atoms with E-state index in [1.54, 1.807) is 17.4 Å². The summed E-state index contributed by atoms with van der Waals surface area (Å²) in [7, 11) is 0. The highest BCUT2D eigenvalue weighted by molar-refractivity contribution is 7.10. The van der Waals surface area contributed by atoms with Crippen LogP contribution in [0.3, 0.4) is 0 Å². The number of hydrogen-bond acceptors (Lipinski definition) is 5. The fourth-order valence-electron chi connectivity index (χ4n) is 5.00. The van der Waals surface area contributed by atoms with E-state index in [1.165, 1.54) is 19.3 Å². The van der Waals surface area contributed by atoms with Crippen LogP contribution in [-0.2, 0) is 11.2 Å². The van der Waals surface area contributed by atoms with Gasteiger partial charge in [0.1, 0.15) is 11.5 Å². The van der Waals surface area contributed by atoms with E-state index in [0.29, 0.717) is 23.2 Å². The average Bonchev–Trinajstić information content (AvgIpc) is 3.58. The van der Waals surface area contributed by atoms with Crippen LogP contribution >= 0.6 is 11.3 Å². The molecule has 150 valence electrons. The normalized spacial score (nSPS) is 24.8. The lowest BCUT2D eigenvalue weighted by molar-refractivity contribution is 0.0426. The lowest BCUT2D eigenvalue weighted by Gasteiger charge is -2.26. The molecule has 5 heteroatoms. The Balaban J connectivity index is 1.37. The molecule has 3 heterocycles. The Bertz CT molecular complexity index is 871. The minimum absolute atomic E-state index is 0.0282. The Morgan fingerprint density at radius 1 is 1.29 bits per heavy atom. The minimum Gasteiger partial charge on any atom is -0.507 e. The first-order valence-corrected chi connectivity index (χ1v) is 11.5. The Morgan fingerprint density at radius 2 is 2.14 bits per heavy atom. The first-order valence-electron chi connectivity index (χ1n) is 10.6. The molecule has 3 fully saturated rings. The van der Waals surface area contributed by atoms with Crippen molar-refractivity contribution in [3.8, 4) is 5.75 Å². The van der Waals surface area contributed by atoms with E-state index in [0.717, 1.165) is 50.2 Å². The highest BCUT2D eigenvalue weighted by atomic mass is 32.1. The first kappa shape index (κ1) is 18.4. The van der Waals surface area contributed by atoms with Crippen LogP contribution in [0.4, 0.5) is 0 Å². The van der Waals surface area contributed by atoms with Crippen LogP contribution < -0.4 is 5.63 Å². The molecule has 28 heavy (non-hydrogen) atoms. The van der Waals surface area contributed by atoms with Crippen LogP contribution in [0, 0.1) is 17.3 Å². The van der Waals surface area contributed by atoms with Gasteiger partial charge in [-0.3, -0.25) is 0 Å². The molecule has 2 saturated carbocycles. The first-order chi connectivity index (χ1) is 13.6. The quantitative estimate of drug-likeness (QED) is 0.703. The van der Waals surface area contributed by atoms with Crippen LogP contribution in [0.5, 0.6) is 5.75 Å². The van der Waals surface area contributed by atoms with E-state index in [-0.39, 0.29) is 22.7 Å². The summed E-state index contributed by atoms with van der Waals surface area (Å²) in [6.07, 6.45) is 8.84. The summed E-state index contributed by atoms with van der Waals surface area (Å²) in [5.74, 6) is 1.79. The fraction of sp³-hybridized carbons (Fsp3) is 0.609. The van der Waals surface area contributed by atoms with Crippen molar-refractivity contribution in [1.29, 1.82) is 0 Å². The Morgan fingerprint density at radius 3 is 2.75 bits per heavy atom. The van der Waals surface area contributed by atoms with Crippen molar-refractivity contribution >= 4 is 11.3 Å². The van der Waals surface area contributed by atoms with Gasteiger partial charge in [-0.15, -0.1) is 11.3 Å². The summed E-state index contributed by atoms with van der Waals surface area (Å²) < 4.78 is 11.4. The lowest BCUT2D eigenvalue weighted by Crippen LogP contribution is -2.22. The van der Waals surface area contributed by atoms with E-state index >= 15 is 0 Å². The maximum Gasteiger partial charge on any atom is 0.343 e. The summed E-state index contributed by atoms with van der Waals surface area (Å²) in [6.45, 7) is 1.75. The molecular formula is C23H28O4S. The third-order valence-corrected chi connectivity index (χ3v) is 7.71. The van der Waals surface area contributed by atoms with Crippen molar-refractivity contribution in [3.05, 3.63) is 50.2 Å². The molecule has 1 aliphatic heterocycles. The summed E-state index contributed by atoms with van der Waals surface area (Å²) in [5.41, 5.74) is 0.343. The van der Waals surface area contributed by atoms with Gasteiger partial charge < -0.3 is 14.3 Å². The average molecular weight is 401 g/mol. The van der Waals surface area contributed by atoms with Crippen molar-refractivity contribution in [2.24, 2.45) is 17.3 Å². The maximum absolute atomic E-state index is 12.9. The Kier molecular flexibility index (Phi) is 4.84. The maximum atomic E-state index is 12.9. The molecule has 2 aliphatic carbocycles. The van der Waals surface area contributed by atoms with Crippen molar-refractivity contribution in [1.82, 2.24) is 0 Å². The molecular weight excluding hydrogens is 372 g/mol. The summed E-state index contributed by atoms with van der Waals surface area (Å²) >= 11 is 1.65. The molecule has 1 N–H and O–H groups in total. The number of ether oxygens (including phenoxy) is 1. The summed E-state index contributed by atoms with van der Waals surface area (Å²) in [6, 6.07) is 5.79. The van der Waals surface area contributed by atoms with Crippen LogP contribution in [0.1, 0.15) is 67.1 Å². The lowest BCUT2D eigenvalue weighted by atomic mass is 9.85. The predicted octanol–water partition coefficient (Wildman–Crippen LogP) is 5.09. The van der Waals surface area contributed by atoms with Gasteiger partial charge in [0.25, 0.3) is 0 Å². The summed E-state index contributed by atoms with van der Waals surface area (Å²) in [5, 5.41) is 12.8. The van der Waals surface area contributed by atoms with Gasteiger partial charge in [0, 0.05) is 36.5 Å². The largest absolute Gasteiger partial charge is 0.507 e.